The summed E-state index contributed by atoms with van der Waals surface area (Å²) in [5.41, 5.74) is 2.98. The van der Waals surface area contributed by atoms with Gasteiger partial charge < -0.3 is 5.32 Å². The Bertz CT molecular complexity index is 830. The molecule has 2 heterocycles. The summed E-state index contributed by atoms with van der Waals surface area (Å²) < 4.78 is 3.71. The van der Waals surface area contributed by atoms with Gasteiger partial charge in [-0.25, -0.2) is 0 Å². The van der Waals surface area contributed by atoms with E-state index in [0.717, 1.165) is 16.6 Å². The number of aryl methyl sites for hydroxylation is 2. The summed E-state index contributed by atoms with van der Waals surface area (Å²) in [6.45, 7) is 6.70. The molecular weight excluding hydrogens is 290 g/mol. The number of para-hydroxylation sites is 1. The van der Waals surface area contributed by atoms with Crippen molar-refractivity contribution in [3.63, 3.8) is 0 Å². The van der Waals surface area contributed by atoms with Crippen LogP contribution in [0.4, 0.5) is 5.69 Å². The number of fused-ring (bicyclic) bond motifs is 1. The molecular formula is C17H21N5O. The Labute approximate surface area is 135 Å². The number of hydrogen-bond acceptors (Lipinski definition) is 3. The molecule has 6 nitrogen and oxygen atoms in total. The van der Waals surface area contributed by atoms with Gasteiger partial charge in [0.15, 0.2) is 0 Å². The van der Waals surface area contributed by atoms with E-state index in [1.165, 1.54) is 5.56 Å². The number of carbonyl (C=O) groups excluding carboxylic acids is 1. The summed E-state index contributed by atoms with van der Waals surface area (Å²) in [7, 11) is 0. The standard InChI is InChI=1S/C17H21N5O/c1-12(2)22-11-15(10-19-22)20-16(23)7-8-21-17-13(3)5-4-6-14(17)9-18-21/h4-6,9-12H,7-8H2,1-3H3,(H,20,23). The minimum Gasteiger partial charge on any atom is -0.323 e. The summed E-state index contributed by atoms with van der Waals surface area (Å²) in [4.78, 5) is 12.1. The summed E-state index contributed by atoms with van der Waals surface area (Å²) in [6.07, 6.45) is 5.73. The Morgan fingerprint density at radius 3 is 2.83 bits per heavy atom. The second kappa shape index (κ2) is 6.24. The molecule has 0 spiro atoms. The highest BCUT2D eigenvalue weighted by Gasteiger charge is 2.09. The molecule has 0 unspecified atom stereocenters. The van der Waals surface area contributed by atoms with Crippen LogP contribution in [0, 0.1) is 6.92 Å². The smallest absolute Gasteiger partial charge is 0.226 e. The van der Waals surface area contributed by atoms with Gasteiger partial charge in [0.2, 0.25) is 5.91 Å². The van der Waals surface area contributed by atoms with Crippen LogP contribution in [-0.2, 0) is 11.3 Å². The van der Waals surface area contributed by atoms with Gasteiger partial charge in [-0.15, -0.1) is 0 Å². The molecule has 0 fully saturated rings. The van der Waals surface area contributed by atoms with E-state index >= 15 is 0 Å². The van der Waals surface area contributed by atoms with E-state index in [0.29, 0.717) is 13.0 Å². The number of rotatable bonds is 5. The number of hydrogen-bond donors (Lipinski definition) is 1. The minimum absolute atomic E-state index is 0.0365. The SMILES string of the molecule is Cc1cccc2cnn(CCC(=O)Nc3cnn(C(C)C)c3)c12. The molecule has 0 saturated heterocycles. The van der Waals surface area contributed by atoms with E-state index in [2.05, 4.69) is 28.5 Å². The average Bonchev–Trinajstić information content (AvgIpc) is 3.13. The first-order chi connectivity index (χ1) is 11.0. The first-order valence-corrected chi connectivity index (χ1v) is 7.80. The number of carbonyl (C=O) groups is 1. The fourth-order valence-electron chi connectivity index (χ4n) is 2.61. The quantitative estimate of drug-likeness (QED) is 0.787. The largest absolute Gasteiger partial charge is 0.323 e. The molecule has 2 aromatic heterocycles. The van der Waals surface area contributed by atoms with Crippen molar-refractivity contribution in [3.05, 3.63) is 42.4 Å². The van der Waals surface area contributed by atoms with Crippen molar-refractivity contribution >= 4 is 22.5 Å². The minimum atomic E-state index is -0.0365. The van der Waals surface area contributed by atoms with Gasteiger partial charge in [0.1, 0.15) is 0 Å². The van der Waals surface area contributed by atoms with Crippen molar-refractivity contribution < 1.29 is 4.79 Å². The number of amides is 1. The van der Waals surface area contributed by atoms with Crippen LogP contribution in [0.1, 0.15) is 31.9 Å². The fraction of sp³-hybridized carbons (Fsp3) is 0.353. The summed E-state index contributed by atoms with van der Waals surface area (Å²) in [5.74, 6) is -0.0365. The van der Waals surface area contributed by atoms with Crippen molar-refractivity contribution in [1.82, 2.24) is 19.6 Å². The zero-order chi connectivity index (χ0) is 16.4. The van der Waals surface area contributed by atoms with Gasteiger partial charge in [0.25, 0.3) is 0 Å². The van der Waals surface area contributed by atoms with Crippen LogP contribution in [0.15, 0.2) is 36.8 Å². The molecule has 120 valence electrons. The molecule has 0 saturated carbocycles. The second-order valence-electron chi connectivity index (χ2n) is 5.98. The first kappa shape index (κ1) is 15.3. The number of nitrogens with zero attached hydrogens (tertiary/aromatic N) is 4. The number of aromatic nitrogens is 4. The highest BCUT2D eigenvalue weighted by atomic mass is 16.1. The lowest BCUT2D eigenvalue weighted by Crippen LogP contribution is -2.15. The van der Waals surface area contributed by atoms with Gasteiger partial charge in [-0.1, -0.05) is 18.2 Å². The van der Waals surface area contributed by atoms with Gasteiger partial charge >= 0.3 is 0 Å². The second-order valence-corrected chi connectivity index (χ2v) is 5.98. The molecule has 3 rings (SSSR count). The lowest BCUT2D eigenvalue weighted by Gasteiger charge is -2.06. The molecule has 0 aliphatic carbocycles. The van der Waals surface area contributed by atoms with Crippen LogP contribution in [-0.4, -0.2) is 25.5 Å². The highest BCUT2D eigenvalue weighted by molar-refractivity contribution is 5.90. The monoisotopic (exact) mass is 311 g/mol. The van der Waals surface area contributed by atoms with E-state index in [4.69, 9.17) is 0 Å². The van der Waals surface area contributed by atoms with Crippen LogP contribution in [0.2, 0.25) is 0 Å². The van der Waals surface area contributed by atoms with Crippen LogP contribution < -0.4 is 5.32 Å². The highest BCUT2D eigenvalue weighted by Crippen LogP contribution is 2.18. The van der Waals surface area contributed by atoms with E-state index in [-0.39, 0.29) is 11.9 Å². The Balaban J connectivity index is 1.64. The Morgan fingerprint density at radius 1 is 1.26 bits per heavy atom. The van der Waals surface area contributed by atoms with E-state index < -0.39 is 0 Å². The lowest BCUT2D eigenvalue weighted by molar-refractivity contribution is -0.116. The molecule has 0 radical (unpaired) electrons. The van der Waals surface area contributed by atoms with Crippen LogP contribution in [0.5, 0.6) is 0 Å². The molecule has 1 N–H and O–H groups in total. The van der Waals surface area contributed by atoms with Gasteiger partial charge in [0, 0.05) is 24.0 Å². The normalized spacial score (nSPS) is 11.3. The molecule has 1 aromatic carbocycles. The molecule has 6 heteroatoms. The third-order valence-corrected chi connectivity index (χ3v) is 3.83. The maximum atomic E-state index is 12.1. The van der Waals surface area contributed by atoms with E-state index in [1.807, 2.05) is 47.7 Å². The number of anilines is 1. The van der Waals surface area contributed by atoms with Gasteiger partial charge in [-0.3, -0.25) is 14.2 Å². The van der Waals surface area contributed by atoms with Crippen LogP contribution in [0.25, 0.3) is 10.9 Å². The Hall–Kier alpha value is -2.63. The molecule has 0 aliphatic heterocycles. The van der Waals surface area contributed by atoms with E-state index in [1.54, 1.807) is 6.20 Å². The Kier molecular flexibility index (Phi) is 4.14. The van der Waals surface area contributed by atoms with Crippen molar-refractivity contribution in [1.29, 1.82) is 0 Å². The molecule has 1 amide bonds. The topological polar surface area (TPSA) is 64.7 Å². The number of benzene rings is 1. The first-order valence-electron chi connectivity index (χ1n) is 7.80. The molecule has 3 aromatic rings. The predicted molar refractivity (Wildman–Crippen MR) is 90.3 cm³/mol. The van der Waals surface area contributed by atoms with Crippen molar-refractivity contribution in [2.75, 3.05) is 5.32 Å². The van der Waals surface area contributed by atoms with Crippen molar-refractivity contribution in [2.24, 2.45) is 0 Å². The van der Waals surface area contributed by atoms with E-state index in [9.17, 15) is 4.79 Å². The lowest BCUT2D eigenvalue weighted by atomic mass is 10.2. The average molecular weight is 311 g/mol. The third-order valence-electron chi connectivity index (χ3n) is 3.83. The zero-order valence-corrected chi connectivity index (χ0v) is 13.7. The van der Waals surface area contributed by atoms with Gasteiger partial charge in [-0.2, -0.15) is 10.2 Å². The molecule has 0 atom stereocenters. The zero-order valence-electron chi connectivity index (χ0n) is 13.7. The summed E-state index contributed by atoms with van der Waals surface area (Å²) >= 11 is 0. The third kappa shape index (κ3) is 3.26. The summed E-state index contributed by atoms with van der Waals surface area (Å²) in [5, 5.41) is 12.6. The molecule has 23 heavy (non-hydrogen) atoms. The predicted octanol–water partition coefficient (Wildman–Crippen LogP) is 3.15. The number of nitrogens with one attached hydrogen (secondary N) is 1. The van der Waals surface area contributed by atoms with Crippen molar-refractivity contribution in [3.8, 4) is 0 Å². The maximum Gasteiger partial charge on any atom is 0.226 e. The molecule has 0 bridgehead atoms. The maximum absolute atomic E-state index is 12.1. The summed E-state index contributed by atoms with van der Waals surface area (Å²) in [6, 6.07) is 6.38. The van der Waals surface area contributed by atoms with Crippen LogP contribution in [0.3, 0.4) is 0 Å². The fourth-order valence-corrected chi connectivity index (χ4v) is 2.61. The van der Waals surface area contributed by atoms with Crippen molar-refractivity contribution in [2.45, 2.75) is 39.8 Å². The molecule has 0 aliphatic rings. The Morgan fingerprint density at radius 2 is 2.09 bits per heavy atom. The van der Waals surface area contributed by atoms with Crippen LogP contribution >= 0.6 is 0 Å². The van der Waals surface area contributed by atoms with Gasteiger partial charge in [0.05, 0.1) is 30.1 Å². The van der Waals surface area contributed by atoms with Gasteiger partial charge in [-0.05, 0) is 26.3 Å².